The third-order valence-electron chi connectivity index (χ3n) is 3.25. The molecule has 0 unspecified atom stereocenters. The van der Waals surface area contributed by atoms with Crippen molar-refractivity contribution in [1.29, 1.82) is 0 Å². The first-order valence-electron chi connectivity index (χ1n) is 7.48. The third kappa shape index (κ3) is 6.91. The van der Waals surface area contributed by atoms with Gasteiger partial charge < -0.3 is 15.4 Å². The molecule has 1 aromatic heterocycles. The molecule has 1 aromatic carbocycles. The number of rotatable bonds is 8. The van der Waals surface area contributed by atoms with Gasteiger partial charge in [-0.15, -0.1) is 23.7 Å². The van der Waals surface area contributed by atoms with Crippen LogP contribution in [0.4, 0.5) is 13.2 Å². The van der Waals surface area contributed by atoms with Gasteiger partial charge in [-0.3, -0.25) is 4.79 Å². The second-order valence-corrected chi connectivity index (χ2v) is 6.02. The number of aromatic nitrogens is 1. The first-order chi connectivity index (χ1) is 11.9. The van der Waals surface area contributed by atoms with Gasteiger partial charge in [-0.25, -0.2) is 4.98 Å². The largest absolute Gasteiger partial charge is 0.416 e. The maximum atomic E-state index is 12.6. The fraction of sp³-hybridized carbons (Fsp3) is 0.375. The van der Waals surface area contributed by atoms with Crippen LogP contribution in [0.5, 0.6) is 0 Å². The van der Waals surface area contributed by atoms with Crippen LogP contribution in [0.25, 0.3) is 10.6 Å². The van der Waals surface area contributed by atoms with Crippen LogP contribution in [0.1, 0.15) is 11.3 Å². The molecule has 2 aromatic rings. The van der Waals surface area contributed by atoms with Crippen molar-refractivity contribution >= 4 is 29.7 Å². The number of nitrogens with one attached hydrogen (secondary N) is 2. The lowest BCUT2D eigenvalue weighted by molar-refractivity contribution is -0.137. The summed E-state index contributed by atoms with van der Waals surface area (Å²) in [5, 5.41) is 8.02. The van der Waals surface area contributed by atoms with E-state index in [1.54, 1.807) is 12.5 Å². The molecule has 0 aliphatic heterocycles. The number of alkyl halides is 3. The zero-order chi connectivity index (χ0) is 18.3. The molecular formula is C16H19ClF3N3O2S. The summed E-state index contributed by atoms with van der Waals surface area (Å²) in [7, 11) is 1.58. The molecule has 0 spiro atoms. The normalized spacial score (nSPS) is 11.1. The van der Waals surface area contributed by atoms with E-state index in [1.807, 2.05) is 0 Å². The van der Waals surface area contributed by atoms with Crippen LogP contribution in [-0.4, -0.2) is 37.7 Å². The minimum absolute atomic E-state index is 0. The fourth-order valence-corrected chi connectivity index (χ4v) is 2.78. The molecule has 0 bridgehead atoms. The van der Waals surface area contributed by atoms with Gasteiger partial charge in [-0.2, -0.15) is 13.2 Å². The Morgan fingerprint density at radius 3 is 2.58 bits per heavy atom. The third-order valence-corrected chi connectivity index (χ3v) is 4.19. The van der Waals surface area contributed by atoms with Crippen molar-refractivity contribution in [3.63, 3.8) is 0 Å². The van der Waals surface area contributed by atoms with E-state index in [0.717, 1.165) is 12.1 Å². The number of hydrogen-bond acceptors (Lipinski definition) is 5. The van der Waals surface area contributed by atoms with Crippen LogP contribution >= 0.6 is 23.7 Å². The Balaban J connectivity index is 0.00000338. The summed E-state index contributed by atoms with van der Waals surface area (Å²) < 4.78 is 42.6. The predicted molar refractivity (Wildman–Crippen MR) is 96.4 cm³/mol. The molecular weight excluding hydrogens is 391 g/mol. The molecule has 0 fully saturated rings. The smallest absolute Gasteiger partial charge is 0.383 e. The number of halogens is 4. The molecule has 144 valence electrons. The number of hydrogen-bond donors (Lipinski definition) is 2. The van der Waals surface area contributed by atoms with E-state index in [9.17, 15) is 18.0 Å². The standard InChI is InChI=1S/C16H18F3N3O2S.ClH/c1-24-7-6-20-9-14(23)21-8-13-10-25-15(22-13)11-2-4-12(5-3-11)16(17,18)19;/h2-5,10,20H,6-9H2,1H3,(H,21,23);1H. The lowest BCUT2D eigenvalue weighted by atomic mass is 10.1. The minimum atomic E-state index is -4.35. The van der Waals surface area contributed by atoms with Crippen LogP contribution in [-0.2, 0) is 22.3 Å². The summed E-state index contributed by atoms with van der Waals surface area (Å²) in [4.78, 5) is 16.0. The van der Waals surface area contributed by atoms with Gasteiger partial charge in [-0.05, 0) is 12.1 Å². The van der Waals surface area contributed by atoms with Crippen LogP contribution in [0.2, 0.25) is 0 Å². The van der Waals surface area contributed by atoms with Crippen molar-refractivity contribution < 1.29 is 22.7 Å². The molecule has 0 saturated heterocycles. The summed E-state index contributed by atoms with van der Waals surface area (Å²) >= 11 is 1.32. The van der Waals surface area contributed by atoms with Gasteiger partial charge in [0.05, 0.1) is 31.0 Å². The molecule has 26 heavy (non-hydrogen) atoms. The van der Waals surface area contributed by atoms with Crippen LogP contribution in [0.3, 0.4) is 0 Å². The summed E-state index contributed by atoms with van der Waals surface area (Å²) in [6.45, 7) is 1.55. The maximum absolute atomic E-state index is 12.6. The summed E-state index contributed by atoms with van der Waals surface area (Å²) in [5.74, 6) is -0.166. The topological polar surface area (TPSA) is 63.2 Å². The Hall–Kier alpha value is -1.68. The molecule has 0 radical (unpaired) electrons. The quantitative estimate of drug-likeness (QED) is 0.658. The van der Waals surface area contributed by atoms with Crippen molar-refractivity contribution in [2.45, 2.75) is 12.7 Å². The average molecular weight is 410 g/mol. The highest BCUT2D eigenvalue weighted by atomic mass is 35.5. The van der Waals surface area contributed by atoms with Crippen LogP contribution in [0, 0.1) is 0 Å². The Morgan fingerprint density at radius 1 is 1.27 bits per heavy atom. The summed E-state index contributed by atoms with van der Waals surface area (Å²) in [6.07, 6.45) is -4.35. The molecule has 1 amide bonds. The fourth-order valence-electron chi connectivity index (χ4n) is 1.95. The minimum Gasteiger partial charge on any atom is -0.383 e. The molecule has 0 atom stereocenters. The molecule has 2 rings (SSSR count). The SMILES string of the molecule is COCCNCC(=O)NCc1csc(-c2ccc(C(F)(F)F)cc2)n1.Cl. The van der Waals surface area contributed by atoms with Gasteiger partial charge in [0.2, 0.25) is 5.91 Å². The highest BCUT2D eigenvalue weighted by Crippen LogP contribution is 2.31. The monoisotopic (exact) mass is 409 g/mol. The van der Waals surface area contributed by atoms with Gasteiger partial charge in [-0.1, -0.05) is 12.1 Å². The van der Waals surface area contributed by atoms with Gasteiger partial charge in [0, 0.05) is 24.6 Å². The van der Waals surface area contributed by atoms with E-state index < -0.39 is 11.7 Å². The second kappa shape index (κ2) is 10.5. The number of ether oxygens (including phenoxy) is 1. The van der Waals surface area contributed by atoms with Gasteiger partial charge in [0.25, 0.3) is 0 Å². The van der Waals surface area contributed by atoms with E-state index in [2.05, 4.69) is 15.6 Å². The van der Waals surface area contributed by atoms with Crippen molar-refractivity contribution in [3.8, 4) is 10.6 Å². The van der Waals surface area contributed by atoms with E-state index >= 15 is 0 Å². The molecule has 1 heterocycles. The van der Waals surface area contributed by atoms with Crippen LogP contribution < -0.4 is 10.6 Å². The van der Waals surface area contributed by atoms with Crippen molar-refractivity contribution in [2.75, 3.05) is 26.8 Å². The van der Waals surface area contributed by atoms with Crippen molar-refractivity contribution in [3.05, 3.63) is 40.9 Å². The van der Waals surface area contributed by atoms with E-state index in [4.69, 9.17) is 4.74 Å². The highest BCUT2D eigenvalue weighted by Gasteiger charge is 2.30. The zero-order valence-corrected chi connectivity index (χ0v) is 15.6. The van der Waals surface area contributed by atoms with Gasteiger partial charge in [0.15, 0.2) is 0 Å². The molecule has 0 saturated carbocycles. The number of benzene rings is 1. The van der Waals surface area contributed by atoms with Crippen LogP contribution in [0.15, 0.2) is 29.6 Å². The number of carbonyl (C=O) groups excluding carboxylic acids is 1. The lowest BCUT2D eigenvalue weighted by Crippen LogP contribution is -2.34. The maximum Gasteiger partial charge on any atom is 0.416 e. The number of amides is 1. The van der Waals surface area contributed by atoms with E-state index in [1.165, 1.54) is 23.5 Å². The Labute approximate surface area is 159 Å². The molecule has 0 aliphatic carbocycles. The zero-order valence-electron chi connectivity index (χ0n) is 13.9. The Kier molecular flexibility index (Phi) is 9.00. The Bertz CT molecular complexity index is 693. The first kappa shape index (κ1) is 22.4. The second-order valence-electron chi connectivity index (χ2n) is 5.17. The molecule has 10 heteroatoms. The summed E-state index contributed by atoms with van der Waals surface area (Å²) in [6, 6.07) is 4.85. The van der Waals surface area contributed by atoms with Crippen molar-refractivity contribution in [1.82, 2.24) is 15.6 Å². The van der Waals surface area contributed by atoms with Crippen molar-refractivity contribution in [2.24, 2.45) is 0 Å². The highest BCUT2D eigenvalue weighted by molar-refractivity contribution is 7.13. The Morgan fingerprint density at radius 2 is 1.96 bits per heavy atom. The van der Waals surface area contributed by atoms with Gasteiger partial charge >= 0.3 is 6.18 Å². The molecule has 0 aliphatic rings. The molecule has 5 nitrogen and oxygen atoms in total. The lowest BCUT2D eigenvalue weighted by Gasteiger charge is -2.06. The number of nitrogens with zero attached hydrogens (tertiary/aromatic N) is 1. The number of thiazole rings is 1. The molecule has 2 N–H and O–H groups in total. The summed E-state index contributed by atoms with van der Waals surface area (Å²) in [5.41, 5.74) is 0.572. The first-order valence-corrected chi connectivity index (χ1v) is 8.36. The van der Waals surface area contributed by atoms with E-state index in [-0.39, 0.29) is 31.4 Å². The number of methoxy groups -OCH3 is 1. The van der Waals surface area contributed by atoms with E-state index in [0.29, 0.717) is 29.4 Å². The number of carbonyl (C=O) groups is 1. The average Bonchev–Trinajstić information content (AvgIpc) is 3.05. The van der Waals surface area contributed by atoms with Gasteiger partial charge in [0.1, 0.15) is 5.01 Å². The predicted octanol–water partition coefficient (Wildman–Crippen LogP) is 3.10.